The first-order chi connectivity index (χ1) is 17.1. The van der Waals surface area contributed by atoms with E-state index < -0.39 is 0 Å². The van der Waals surface area contributed by atoms with Crippen LogP contribution in [0.4, 0.5) is 5.69 Å². The van der Waals surface area contributed by atoms with Crippen LogP contribution in [0.25, 0.3) is 5.57 Å². The number of aliphatic hydroxyl groups is 1. The summed E-state index contributed by atoms with van der Waals surface area (Å²) in [6, 6.07) is 15.3. The molecule has 1 heterocycles. The molecular formula is C30H36N2O3. The first-order valence-electron chi connectivity index (χ1n) is 12.8. The Kier molecular flexibility index (Phi) is 8.93. The standard InChI is InChI=1S/C30H36N2O3/c33-21-7-10-28(23-8-3-1-4-9-23)30(25-13-17-27(34)18-14-25)24-11-15-26(16-12-24)31-29(35)22-32-19-5-2-6-20-32/h1,3,8,11-18,33-34H,2,4-7,9-10,19-22H2,(H,31,35)/b30-28+. The van der Waals surface area contributed by atoms with Gasteiger partial charge < -0.3 is 15.5 Å². The number of benzene rings is 2. The zero-order valence-electron chi connectivity index (χ0n) is 20.4. The van der Waals surface area contributed by atoms with Gasteiger partial charge in [-0.25, -0.2) is 0 Å². The Morgan fingerprint density at radius 1 is 0.943 bits per heavy atom. The topological polar surface area (TPSA) is 72.8 Å². The molecule has 35 heavy (non-hydrogen) atoms. The minimum absolute atomic E-state index is 0.0248. The summed E-state index contributed by atoms with van der Waals surface area (Å²) >= 11 is 0. The van der Waals surface area contributed by atoms with E-state index in [2.05, 4.69) is 40.6 Å². The van der Waals surface area contributed by atoms with Crippen LogP contribution in [0.15, 0.2) is 77.9 Å². The zero-order valence-corrected chi connectivity index (χ0v) is 20.4. The molecule has 1 aliphatic carbocycles. The number of piperidine rings is 1. The van der Waals surface area contributed by atoms with E-state index in [0.717, 1.165) is 54.7 Å². The van der Waals surface area contributed by atoms with Crippen molar-refractivity contribution < 1.29 is 15.0 Å². The molecule has 0 spiro atoms. The van der Waals surface area contributed by atoms with E-state index in [-0.39, 0.29) is 18.3 Å². The van der Waals surface area contributed by atoms with Gasteiger partial charge in [0, 0.05) is 12.3 Å². The number of aliphatic hydroxyl groups excluding tert-OH is 1. The molecule has 1 aliphatic heterocycles. The molecule has 0 saturated carbocycles. The van der Waals surface area contributed by atoms with Gasteiger partial charge in [0.2, 0.25) is 5.91 Å². The second-order valence-electron chi connectivity index (χ2n) is 9.35. The molecule has 0 unspecified atom stereocenters. The lowest BCUT2D eigenvalue weighted by Crippen LogP contribution is -2.36. The molecule has 1 fully saturated rings. The fraction of sp³-hybridized carbons (Fsp3) is 0.367. The highest BCUT2D eigenvalue weighted by molar-refractivity contribution is 5.93. The summed E-state index contributed by atoms with van der Waals surface area (Å²) in [6.45, 7) is 2.56. The van der Waals surface area contributed by atoms with Gasteiger partial charge in [0.05, 0.1) is 6.54 Å². The summed E-state index contributed by atoms with van der Waals surface area (Å²) < 4.78 is 0. The molecular weight excluding hydrogens is 436 g/mol. The quantitative estimate of drug-likeness (QED) is 0.440. The molecule has 0 radical (unpaired) electrons. The smallest absolute Gasteiger partial charge is 0.238 e. The number of hydrogen-bond acceptors (Lipinski definition) is 4. The SMILES string of the molecule is O=C(CN1CCCCC1)Nc1ccc(/C(=C(/CCCO)C2=CC=CCC2)c2ccc(O)cc2)cc1. The monoisotopic (exact) mass is 472 g/mol. The van der Waals surface area contributed by atoms with Crippen LogP contribution in [-0.2, 0) is 4.79 Å². The van der Waals surface area contributed by atoms with Crippen molar-refractivity contribution in [3.63, 3.8) is 0 Å². The highest BCUT2D eigenvalue weighted by atomic mass is 16.3. The second-order valence-corrected chi connectivity index (χ2v) is 9.35. The Morgan fingerprint density at radius 3 is 2.26 bits per heavy atom. The van der Waals surface area contributed by atoms with Crippen LogP contribution in [0.1, 0.15) is 56.1 Å². The Bertz CT molecular complexity index is 1080. The molecule has 3 N–H and O–H groups in total. The van der Waals surface area contributed by atoms with Crippen molar-refractivity contribution in [1.29, 1.82) is 0 Å². The summed E-state index contributed by atoms with van der Waals surface area (Å²) in [5.74, 6) is 0.258. The third kappa shape index (κ3) is 6.93. The lowest BCUT2D eigenvalue weighted by molar-refractivity contribution is -0.117. The number of aromatic hydroxyl groups is 1. The van der Waals surface area contributed by atoms with Crippen LogP contribution < -0.4 is 5.32 Å². The van der Waals surface area contributed by atoms with E-state index in [4.69, 9.17) is 0 Å². The van der Waals surface area contributed by atoms with Gasteiger partial charge in [-0.15, -0.1) is 0 Å². The molecule has 2 aromatic carbocycles. The summed E-state index contributed by atoms with van der Waals surface area (Å²) in [5, 5.41) is 22.5. The van der Waals surface area contributed by atoms with E-state index >= 15 is 0 Å². The molecule has 5 heteroatoms. The van der Waals surface area contributed by atoms with Crippen LogP contribution in [0.5, 0.6) is 5.75 Å². The number of nitrogens with zero attached hydrogens (tertiary/aromatic N) is 1. The number of phenolic OH excluding ortho intramolecular Hbond substituents is 1. The Labute approximate surface area is 208 Å². The molecule has 1 saturated heterocycles. The molecule has 0 bridgehead atoms. The third-order valence-corrected chi connectivity index (χ3v) is 6.72. The van der Waals surface area contributed by atoms with Gasteiger partial charge in [-0.05, 0) is 104 Å². The van der Waals surface area contributed by atoms with Crippen molar-refractivity contribution in [2.75, 3.05) is 31.6 Å². The summed E-state index contributed by atoms with van der Waals surface area (Å²) in [6.07, 6.45) is 13.4. The van der Waals surface area contributed by atoms with Gasteiger partial charge in [0.25, 0.3) is 0 Å². The van der Waals surface area contributed by atoms with Crippen LogP contribution in [0.2, 0.25) is 0 Å². The average Bonchev–Trinajstić information content (AvgIpc) is 2.89. The number of allylic oxidation sites excluding steroid dienone is 5. The van der Waals surface area contributed by atoms with E-state index in [1.54, 1.807) is 12.1 Å². The van der Waals surface area contributed by atoms with Crippen LogP contribution in [0.3, 0.4) is 0 Å². The second kappa shape index (κ2) is 12.5. The van der Waals surface area contributed by atoms with Gasteiger partial charge in [-0.3, -0.25) is 9.69 Å². The predicted molar refractivity (Wildman–Crippen MR) is 142 cm³/mol. The number of nitrogens with one attached hydrogen (secondary N) is 1. The van der Waals surface area contributed by atoms with Crippen LogP contribution >= 0.6 is 0 Å². The summed E-state index contributed by atoms with van der Waals surface area (Å²) in [4.78, 5) is 14.8. The Morgan fingerprint density at radius 2 is 1.63 bits per heavy atom. The number of hydrogen-bond donors (Lipinski definition) is 3. The summed E-state index contributed by atoms with van der Waals surface area (Å²) in [7, 11) is 0. The number of phenols is 1. The van der Waals surface area contributed by atoms with E-state index in [9.17, 15) is 15.0 Å². The molecule has 184 valence electrons. The van der Waals surface area contributed by atoms with Gasteiger partial charge in [0.1, 0.15) is 5.75 Å². The first kappa shape index (κ1) is 25.0. The number of carbonyl (C=O) groups excluding carboxylic acids is 1. The highest BCUT2D eigenvalue weighted by Crippen LogP contribution is 2.36. The van der Waals surface area contributed by atoms with Gasteiger partial charge in [-0.2, -0.15) is 0 Å². The van der Waals surface area contributed by atoms with E-state index in [1.165, 1.54) is 30.4 Å². The molecule has 1 amide bonds. The number of rotatable bonds is 9. The first-order valence-corrected chi connectivity index (χ1v) is 12.8. The van der Waals surface area contributed by atoms with Gasteiger partial charge in [0.15, 0.2) is 0 Å². The van der Waals surface area contributed by atoms with Crippen molar-refractivity contribution in [1.82, 2.24) is 4.90 Å². The van der Waals surface area contributed by atoms with Crippen molar-refractivity contribution in [3.8, 4) is 5.75 Å². The average molecular weight is 473 g/mol. The number of carbonyl (C=O) groups is 1. The van der Waals surface area contributed by atoms with Gasteiger partial charge in [-0.1, -0.05) is 48.9 Å². The molecule has 0 aromatic heterocycles. The molecule has 0 atom stereocenters. The fourth-order valence-corrected chi connectivity index (χ4v) is 4.94. The molecule has 5 nitrogen and oxygen atoms in total. The molecule has 2 aromatic rings. The van der Waals surface area contributed by atoms with Crippen molar-refractivity contribution in [2.24, 2.45) is 0 Å². The minimum atomic E-state index is 0.0248. The van der Waals surface area contributed by atoms with E-state index in [0.29, 0.717) is 13.0 Å². The lowest BCUT2D eigenvalue weighted by atomic mass is 9.84. The molecule has 2 aliphatic rings. The third-order valence-electron chi connectivity index (χ3n) is 6.72. The molecule has 4 rings (SSSR count). The van der Waals surface area contributed by atoms with E-state index in [1.807, 2.05) is 24.3 Å². The van der Waals surface area contributed by atoms with Crippen molar-refractivity contribution in [3.05, 3.63) is 89.0 Å². The summed E-state index contributed by atoms with van der Waals surface area (Å²) in [5.41, 5.74) is 6.46. The maximum atomic E-state index is 12.6. The Hall–Kier alpha value is -3.15. The normalized spacial score (nSPS) is 17.0. The van der Waals surface area contributed by atoms with Crippen molar-refractivity contribution >= 4 is 17.2 Å². The van der Waals surface area contributed by atoms with Crippen molar-refractivity contribution in [2.45, 2.75) is 44.9 Å². The lowest BCUT2D eigenvalue weighted by Gasteiger charge is -2.25. The largest absolute Gasteiger partial charge is 0.508 e. The highest BCUT2D eigenvalue weighted by Gasteiger charge is 2.17. The predicted octanol–water partition coefficient (Wildman–Crippen LogP) is 5.67. The maximum absolute atomic E-state index is 12.6. The minimum Gasteiger partial charge on any atom is -0.508 e. The fourth-order valence-electron chi connectivity index (χ4n) is 4.94. The van der Waals surface area contributed by atoms with Crippen LogP contribution in [-0.4, -0.2) is 47.3 Å². The van der Waals surface area contributed by atoms with Crippen LogP contribution in [0, 0.1) is 0 Å². The zero-order chi connectivity index (χ0) is 24.5. The number of likely N-dealkylation sites (tertiary alicyclic amines) is 1. The maximum Gasteiger partial charge on any atom is 0.238 e. The number of anilines is 1. The Balaban J connectivity index is 1.63. The van der Waals surface area contributed by atoms with Gasteiger partial charge >= 0.3 is 0 Å². The number of amides is 1.